The maximum Gasteiger partial charge on any atom is 0.0383 e. The average Bonchev–Trinajstić information content (AvgIpc) is 2.23. The van der Waals surface area contributed by atoms with Crippen LogP contribution in [0.5, 0.6) is 0 Å². The van der Waals surface area contributed by atoms with Crippen molar-refractivity contribution in [2.45, 2.75) is 43.4 Å². The molecule has 2 aliphatic carbocycles. The van der Waals surface area contributed by atoms with Gasteiger partial charge in [-0.3, -0.25) is 0 Å². The molecule has 0 aromatic carbocycles. The van der Waals surface area contributed by atoms with Gasteiger partial charge in [0.1, 0.15) is 0 Å². The number of allylic oxidation sites excluding steroid dienone is 3. The normalized spacial score (nSPS) is 38.1. The Balaban J connectivity index is 2.12. The van der Waals surface area contributed by atoms with E-state index in [4.69, 9.17) is 5.73 Å². The molecule has 3 atom stereocenters. The van der Waals surface area contributed by atoms with E-state index in [1.807, 2.05) is 0 Å². The third-order valence-corrected chi connectivity index (χ3v) is 3.99. The first-order valence-corrected chi connectivity index (χ1v) is 6.11. The molecular weight excluding hydrogens is 190 g/mol. The second-order valence-electron chi connectivity index (χ2n) is 4.36. The molecule has 0 heterocycles. The van der Waals surface area contributed by atoms with Crippen LogP contribution in [0.25, 0.3) is 0 Å². The van der Waals surface area contributed by atoms with Crippen molar-refractivity contribution in [2.75, 3.05) is 0 Å². The summed E-state index contributed by atoms with van der Waals surface area (Å²) >= 11 is 4.63. The predicted octanol–water partition coefficient (Wildman–Crippen LogP) is 2.69. The van der Waals surface area contributed by atoms with E-state index in [0.29, 0.717) is 5.92 Å². The third kappa shape index (κ3) is 2.06. The van der Waals surface area contributed by atoms with Crippen LogP contribution in [-0.4, -0.2) is 11.3 Å². The van der Waals surface area contributed by atoms with Gasteiger partial charge in [-0.15, -0.1) is 0 Å². The molecule has 0 aromatic heterocycles. The minimum Gasteiger partial charge on any atom is -0.326 e. The van der Waals surface area contributed by atoms with Gasteiger partial charge >= 0.3 is 0 Å². The van der Waals surface area contributed by atoms with Crippen LogP contribution in [0.15, 0.2) is 23.8 Å². The number of hydrogen-bond donors (Lipinski definition) is 2. The van der Waals surface area contributed by atoms with Gasteiger partial charge in [-0.2, -0.15) is 12.6 Å². The van der Waals surface area contributed by atoms with Gasteiger partial charge in [0, 0.05) is 11.3 Å². The standard InChI is InChI=1S/C12H19NS/c13-11-8-4-7-10(12(11)14)9-5-2-1-3-6-9/h2,5,7,9,11-12,14H,1,3-4,6,8,13H2. The van der Waals surface area contributed by atoms with Gasteiger partial charge in [-0.25, -0.2) is 0 Å². The summed E-state index contributed by atoms with van der Waals surface area (Å²) in [5.41, 5.74) is 7.51. The molecule has 0 bridgehead atoms. The van der Waals surface area contributed by atoms with Crippen molar-refractivity contribution in [2.24, 2.45) is 11.7 Å². The fourth-order valence-corrected chi connectivity index (χ4v) is 2.88. The molecule has 0 spiro atoms. The minimum atomic E-state index is 0.258. The van der Waals surface area contributed by atoms with E-state index in [1.165, 1.54) is 24.8 Å². The molecule has 3 unspecified atom stereocenters. The van der Waals surface area contributed by atoms with E-state index in [-0.39, 0.29) is 11.3 Å². The van der Waals surface area contributed by atoms with Crippen LogP contribution in [0, 0.1) is 5.92 Å². The van der Waals surface area contributed by atoms with Gasteiger partial charge in [-0.1, -0.05) is 23.8 Å². The molecule has 78 valence electrons. The quantitative estimate of drug-likeness (QED) is 0.504. The maximum absolute atomic E-state index is 6.03. The van der Waals surface area contributed by atoms with Crippen LogP contribution in [0.3, 0.4) is 0 Å². The van der Waals surface area contributed by atoms with Crippen molar-refractivity contribution >= 4 is 12.6 Å². The van der Waals surface area contributed by atoms with E-state index in [9.17, 15) is 0 Å². The Hall–Kier alpha value is -0.210. The Labute approximate surface area is 91.9 Å². The van der Waals surface area contributed by atoms with Crippen molar-refractivity contribution in [3.05, 3.63) is 23.8 Å². The van der Waals surface area contributed by atoms with Crippen LogP contribution in [0.2, 0.25) is 0 Å². The topological polar surface area (TPSA) is 26.0 Å². The van der Waals surface area contributed by atoms with E-state index >= 15 is 0 Å². The Bertz CT molecular complexity index is 257. The molecule has 2 heteroatoms. The monoisotopic (exact) mass is 209 g/mol. The molecule has 0 fully saturated rings. The highest BCUT2D eigenvalue weighted by molar-refractivity contribution is 7.81. The van der Waals surface area contributed by atoms with Crippen LogP contribution < -0.4 is 5.73 Å². The Morgan fingerprint density at radius 3 is 2.86 bits per heavy atom. The molecule has 1 nitrogen and oxygen atoms in total. The van der Waals surface area contributed by atoms with Crippen molar-refractivity contribution in [1.82, 2.24) is 0 Å². The van der Waals surface area contributed by atoms with Gasteiger partial charge < -0.3 is 5.73 Å². The second-order valence-corrected chi connectivity index (χ2v) is 4.91. The zero-order valence-corrected chi connectivity index (χ0v) is 9.42. The molecule has 2 rings (SSSR count). The van der Waals surface area contributed by atoms with Gasteiger partial charge in [0.2, 0.25) is 0 Å². The smallest absolute Gasteiger partial charge is 0.0383 e. The molecule has 0 saturated heterocycles. The lowest BCUT2D eigenvalue weighted by atomic mass is 9.81. The molecule has 0 aromatic rings. The first kappa shape index (κ1) is 10.3. The van der Waals surface area contributed by atoms with Crippen molar-refractivity contribution in [3.63, 3.8) is 0 Å². The SMILES string of the molecule is NC1CCC=C(C2C=CCCC2)C1S. The molecule has 2 N–H and O–H groups in total. The van der Waals surface area contributed by atoms with Crippen LogP contribution >= 0.6 is 12.6 Å². The maximum atomic E-state index is 6.03. The summed E-state index contributed by atoms with van der Waals surface area (Å²) in [5, 5.41) is 0.288. The summed E-state index contributed by atoms with van der Waals surface area (Å²) in [6.07, 6.45) is 13.1. The first-order chi connectivity index (χ1) is 6.79. The zero-order chi connectivity index (χ0) is 9.97. The summed E-state index contributed by atoms with van der Waals surface area (Å²) in [5.74, 6) is 0.623. The van der Waals surface area contributed by atoms with Crippen LogP contribution in [0.1, 0.15) is 32.1 Å². The summed E-state index contributed by atoms with van der Waals surface area (Å²) in [4.78, 5) is 0. The number of nitrogens with two attached hydrogens (primary N) is 1. The van der Waals surface area contributed by atoms with Crippen LogP contribution in [0.4, 0.5) is 0 Å². The molecule has 0 aliphatic heterocycles. The van der Waals surface area contributed by atoms with E-state index in [0.717, 1.165) is 12.8 Å². The lowest BCUT2D eigenvalue weighted by molar-refractivity contribution is 0.525. The van der Waals surface area contributed by atoms with Crippen molar-refractivity contribution in [1.29, 1.82) is 0 Å². The number of hydrogen-bond acceptors (Lipinski definition) is 2. The van der Waals surface area contributed by atoms with E-state index < -0.39 is 0 Å². The highest BCUT2D eigenvalue weighted by atomic mass is 32.1. The predicted molar refractivity (Wildman–Crippen MR) is 64.5 cm³/mol. The molecule has 0 amide bonds. The Morgan fingerprint density at radius 1 is 1.29 bits per heavy atom. The largest absolute Gasteiger partial charge is 0.326 e. The minimum absolute atomic E-state index is 0.258. The molecular formula is C12H19NS. The molecule has 0 saturated carbocycles. The van der Waals surface area contributed by atoms with Gasteiger partial charge in [0.05, 0.1) is 0 Å². The lowest BCUT2D eigenvalue weighted by Gasteiger charge is -2.31. The fourth-order valence-electron chi connectivity index (χ4n) is 2.43. The third-order valence-electron chi connectivity index (χ3n) is 3.31. The van der Waals surface area contributed by atoms with Crippen molar-refractivity contribution < 1.29 is 0 Å². The second kappa shape index (κ2) is 4.54. The van der Waals surface area contributed by atoms with Crippen molar-refractivity contribution in [3.8, 4) is 0 Å². The summed E-state index contributed by atoms with van der Waals surface area (Å²) in [7, 11) is 0. The molecule has 14 heavy (non-hydrogen) atoms. The first-order valence-electron chi connectivity index (χ1n) is 5.59. The Kier molecular flexibility index (Phi) is 3.34. The van der Waals surface area contributed by atoms with Gasteiger partial charge in [-0.05, 0) is 38.0 Å². The summed E-state index contributed by atoms with van der Waals surface area (Å²) < 4.78 is 0. The van der Waals surface area contributed by atoms with E-state index in [2.05, 4.69) is 30.9 Å². The molecule has 2 aliphatic rings. The Morgan fingerprint density at radius 2 is 2.14 bits per heavy atom. The van der Waals surface area contributed by atoms with Gasteiger partial charge in [0.25, 0.3) is 0 Å². The number of thiol groups is 1. The van der Waals surface area contributed by atoms with Gasteiger partial charge in [0.15, 0.2) is 0 Å². The van der Waals surface area contributed by atoms with E-state index in [1.54, 1.807) is 0 Å². The van der Waals surface area contributed by atoms with Crippen LogP contribution in [-0.2, 0) is 0 Å². The average molecular weight is 209 g/mol. The fraction of sp³-hybridized carbons (Fsp3) is 0.667. The molecule has 0 radical (unpaired) electrons. The number of rotatable bonds is 1. The summed E-state index contributed by atoms with van der Waals surface area (Å²) in [6.45, 7) is 0. The highest BCUT2D eigenvalue weighted by Gasteiger charge is 2.26. The lowest BCUT2D eigenvalue weighted by Crippen LogP contribution is -2.36. The summed E-state index contributed by atoms with van der Waals surface area (Å²) in [6, 6.07) is 0.258. The highest BCUT2D eigenvalue weighted by Crippen LogP contribution is 2.33. The zero-order valence-electron chi connectivity index (χ0n) is 8.52.